The molecule has 0 aromatic heterocycles. The van der Waals surface area contributed by atoms with E-state index in [0.29, 0.717) is 22.3 Å². The Morgan fingerprint density at radius 3 is 2.03 bits per heavy atom. The molecule has 154 valence electrons. The average Bonchev–Trinajstić information content (AvgIpc) is 2.76. The van der Waals surface area contributed by atoms with Crippen molar-refractivity contribution in [1.82, 2.24) is 4.90 Å². The fourth-order valence-electron chi connectivity index (χ4n) is 3.08. The minimum Gasteiger partial charge on any atom is -0.333 e. The number of nitrogens with one attached hydrogen (secondary N) is 1. The second-order valence-electron chi connectivity index (χ2n) is 6.79. The van der Waals surface area contributed by atoms with Gasteiger partial charge in [0, 0.05) is 6.54 Å². The van der Waals surface area contributed by atoms with Crippen LogP contribution < -0.4 is 5.32 Å². The summed E-state index contributed by atoms with van der Waals surface area (Å²) >= 11 is 12.2. The van der Waals surface area contributed by atoms with E-state index < -0.39 is 0 Å². The molecule has 0 saturated carbocycles. The Balaban J connectivity index is 1.61. The van der Waals surface area contributed by atoms with Crippen LogP contribution in [0.25, 0.3) is 11.1 Å². The van der Waals surface area contributed by atoms with E-state index in [1.807, 2.05) is 61.5 Å². The molecular formula is C24H22Cl2N2O2. The molecule has 2 amide bonds. The van der Waals surface area contributed by atoms with Gasteiger partial charge in [0.25, 0.3) is 0 Å². The second-order valence-corrected chi connectivity index (χ2v) is 7.61. The molecule has 0 aliphatic carbocycles. The van der Waals surface area contributed by atoms with Gasteiger partial charge < -0.3 is 10.2 Å². The minimum atomic E-state index is -0.348. The summed E-state index contributed by atoms with van der Waals surface area (Å²) in [6.07, 6.45) is 0.225. The molecule has 0 radical (unpaired) electrons. The molecule has 6 heteroatoms. The maximum atomic E-state index is 12.7. The standard InChI is InChI=1S/C24H22Cl2N2O2/c1-2-28(16-22(29)27-24-20(25)9-6-10-21(24)26)23(30)15-17-11-13-19(14-12-17)18-7-4-3-5-8-18/h3-14H,2,15-16H2,1H3,(H,27,29). The third-order valence-electron chi connectivity index (χ3n) is 4.71. The van der Waals surface area contributed by atoms with E-state index >= 15 is 0 Å². The maximum absolute atomic E-state index is 12.7. The molecule has 0 fully saturated rings. The summed E-state index contributed by atoms with van der Waals surface area (Å²) in [5.74, 6) is -0.468. The Bertz CT molecular complexity index is 1000. The van der Waals surface area contributed by atoms with Gasteiger partial charge in [-0.3, -0.25) is 9.59 Å². The SMILES string of the molecule is CCN(CC(=O)Nc1c(Cl)cccc1Cl)C(=O)Cc1ccc(-c2ccccc2)cc1. The lowest BCUT2D eigenvalue weighted by molar-refractivity contribution is -0.133. The number of hydrogen-bond donors (Lipinski definition) is 1. The van der Waals surface area contributed by atoms with E-state index in [2.05, 4.69) is 5.32 Å². The van der Waals surface area contributed by atoms with Crippen LogP contribution in [0.15, 0.2) is 72.8 Å². The van der Waals surface area contributed by atoms with Gasteiger partial charge in [0.05, 0.1) is 28.7 Å². The van der Waals surface area contributed by atoms with Crippen LogP contribution in [0.2, 0.25) is 10.0 Å². The van der Waals surface area contributed by atoms with Gasteiger partial charge in [-0.1, -0.05) is 83.9 Å². The minimum absolute atomic E-state index is 0.0705. The van der Waals surface area contributed by atoms with Crippen LogP contribution in [0, 0.1) is 0 Å². The van der Waals surface area contributed by atoms with E-state index in [9.17, 15) is 9.59 Å². The molecule has 0 aliphatic heterocycles. The quantitative estimate of drug-likeness (QED) is 0.512. The first-order valence-electron chi connectivity index (χ1n) is 9.64. The fourth-order valence-corrected chi connectivity index (χ4v) is 3.57. The highest BCUT2D eigenvalue weighted by atomic mass is 35.5. The molecule has 3 aromatic rings. The lowest BCUT2D eigenvalue weighted by atomic mass is 10.0. The van der Waals surface area contributed by atoms with Crippen molar-refractivity contribution in [1.29, 1.82) is 0 Å². The van der Waals surface area contributed by atoms with Crippen molar-refractivity contribution in [2.75, 3.05) is 18.4 Å². The normalized spacial score (nSPS) is 10.5. The predicted octanol–water partition coefficient (Wildman–Crippen LogP) is 5.69. The molecule has 3 aromatic carbocycles. The van der Waals surface area contributed by atoms with Gasteiger partial charge >= 0.3 is 0 Å². The van der Waals surface area contributed by atoms with Crippen LogP contribution >= 0.6 is 23.2 Å². The van der Waals surface area contributed by atoms with Crippen molar-refractivity contribution in [2.45, 2.75) is 13.3 Å². The number of amides is 2. The largest absolute Gasteiger partial charge is 0.333 e. The number of anilines is 1. The summed E-state index contributed by atoms with van der Waals surface area (Å²) < 4.78 is 0. The number of halogens is 2. The summed E-state index contributed by atoms with van der Waals surface area (Å²) in [4.78, 5) is 26.6. The number of hydrogen-bond acceptors (Lipinski definition) is 2. The molecule has 0 spiro atoms. The summed E-state index contributed by atoms with van der Waals surface area (Å²) in [5.41, 5.74) is 3.47. The first kappa shape index (κ1) is 21.9. The first-order valence-corrected chi connectivity index (χ1v) is 10.4. The van der Waals surface area contributed by atoms with Crippen LogP contribution in [-0.4, -0.2) is 29.8 Å². The van der Waals surface area contributed by atoms with E-state index in [1.165, 1.54) is 4.90 Å². The zero-order chi connectivity index (χ0) is 21.5. The predicted molar refractivity (Wildman–Crippen MR) is 123 cm³/mol. The van der Waals surface area contributed by atoms with Crippen molar-refractivity contribution >= 4 is 40.7 Å². The van der Waals surface area contributed by atoms with Gasteiger partial charge in [0.2, 0.25) is 11.8 Å². The molecule has 30 heavy (non-hydrogen) atoms. The molecule has 0 saturated heterocycles. The van der Waals surface area contributed by atoms with E-state index in [4.69, 9.17) is 23.2 Å². The van der Waals surface area contributed by atoms with Crippen LogP contribution in [-0.2, 0) is 16.0 Å². The molecule has 0 bridgehead atoms. The molecule has 4 nitrogen and oxygen atoms in total. The highest BCUT2D eigenvalue weighted by Gasteiger charge is 2.17. The molecule has 0 unspecified atom stereocenters. The molecule has 0 atom stereocenters. The number of likely N-dealkylation sites (N-methyl/N-ethyl adjacent to an activating group) is 1. The van der Waals surface area contributed by atoms with Gasteiger partial charge in [-0.05, 0) is 35.7 Å². The van der Waals surface area contributed by atoms with Gasteiger partial charge in [0.15, 0.2) is 0 Å². The van der Waals surface area contributed by atoms with Crippen LogP contribution in [0.5, 0.6) is 0 Å². The Morgan fingerprint density at radius 1 is 0.833 bits per heavy atom. The van der Waals surface area contributed by atoms with Crippen molar-refractivity contribution in [3.05, 3.63) is 88.4 Å². The van der Waals surface area contributed by atoms with Crippen molar-refractivity contribution in [2.24, 2.45) is 0 Å². The van der Waals surface area contributed by atoms with Crippen LogP contribution in [0.1, 0.15) is 12.5 Å². The number of carbonyl (C=O) groups excluding carboxylic acids is 2. The van der Waals surface area contributed by atoms with Gasteiger partial charge in [-0.2, -0.15) is 0 Å². The summed E-state index contributed by atoms with van der Waals surface area (Å²) in [6.45, 7) is 2.19. The lowest BCUT2D eigenvalue weighted by Crippen LogP contribution is -2.38. The number of benzene rings is 3. The number of para-hydroxylation sites is 1. The van der Waals surface area contributed by atoms with E-state index in [-0.39, 0.29) is 24.8 Å². The fraction of sp³-hybridized carbons (Fsp3) is 0.167. The van der Waals surface area contributed by atoms with Gasteiger partial charge in [0.1, 0.15) is 0 Å². The number of carbonyl (C=O) groups is 2. The highest BCUT2D eigenvalue weighted by molar-refractivity contribution is 6.39. The molecule has 3 rings (SSSR count). The summed E-state index contributed by atoms with van der Waals surface area (Å²) in [7, 11) is 0. The monoisotopic (exact) mass is 440 g/mol. The van der Waals surface area contributed by atoms with Gasteiger partial charge in [-0.25, -0.2) is 0 Å². The average molecular weight is 441 g/mol. The van der Waals surface area contributed by atoms with E-state index in [1.54, 1.807) is 18.2 Å². The van der Waals surface area contributed by atoms with Gasteiger partial charge in [-0.15, -0.1) is 0 Å². The molecule has 1 N–H and O–H groups in total. The van der Waals surface area contributed by atoms with Crippen LogP contribution in [0.4, 0.5) is 5.69 Å². The molecule has 0 heterocycles. The zero-order valence-corrected chi connectivity index (χ0v) is 18.1. The van der Waals surface area contributed by atoms with Crippen molar-refractivity contribution in [3.8, 4) is 11.1 Å². The van der Waals surface area contributed by atoms with Crippen molar-refractivity contribution < 1.29 is 9.59 Å². The highest BCUT2D eigenvalue weighted by Crippen LogP contribution is 2.29. The number of rotatable bonds is 7. The Morgan fingerprint density at radius 2 is 1.43 bits per heavy atom. The van der Waals surface area contributed by atoms with Crippen molar-refractivity contribution in [3.63, 3.8) is 0 Å². The van der Waals surface area contributed by atoms with E-state index in [0.717, 1.165) is 16.7 Å². The number of nitrogens with zero attached hydrogens (tertiary/aromatic N) is 1. The topological polar surface area (TPSA) is 49.4 Å². The third-order valence-corrected chi connectivity index (χ3v) is 5.34. The smallest absolute Gasteiger partial charge is 0.244 e. The third kappa shape index (κ3) is 5.62. The lowest BCUT2D eigenvalue weighted by Gasteiger charge is -2.21. The summed E-state index contributed by atoms with van der Waals surface area (Å²) in [5, 5.41) is 3.39. The Hall–Kier alpha value is -2.82. The second kappa shape index (κ2) is 10.3. The Labute approximate surface area is 186 Å². The first-order chi connectivity index (χ1) is 14.5. The molecular weight excluding hydrogens is 419 g/mol. The van der Waals surface area contributed by atoms with Crippen LogP contribution in [0.3, 0.4) is 0 Å². The molecule has 0 aliphatic rings. The maximum Gasteiger partial charge on any atom is 0.244 e. The summed E-state index contributed by atoms with van der Waals surface area (Å²) in [6, 6.07) is 22.9. The zero-order valence-electron chi connectivity index (χ0n) is 16.6. The Kier molecular flexibility index (Phi) is 7.50.